The third kappa shape index (κ3) is 5.03. The Balaban J connectivity index is 1.40. The topological polar surface area (TPSA) is 88.9 Å². The summed E-state index contributed by atoms with van der Waals surface area (Å²) in [5.41, 5.74) is 2.88. The maximum atomic E-state index is 12.6. The summed E-state index contributed by atoms with van der Waals surface area (Å²) in [6, 6.07) is 12.0. The molecule has 166 valence electrons. The van der Waals surface area contributed by atoms with Crippen molar-refractivity contribution in [1.82, 2.24) is 19.9 Å². The Kier molecular flexibility index (Phi) is 6.92. The van der Waals surface area contributed by atoms with Gasteiger partial charge < -0.3 is 15.2 Å². The van der Waals surface area contributed by atoms with Crippen LogP contribution in [0.4, 0.5) is 5.13 Å². The van der Waals surface area contributed by atoms with Gasteiger partial charge in [0, 0.05) is 23.2 Å². The van der Waals surface area contributed by atoms with Crippen molar-refractivity contribution in [1.29, 1.82) is 0 Å². The van der Waals surface area contributed by atoms with Gasteiger partial charge in [-0.3, -0.25) is 9.59 Å². The molecule has 0 saturated carbocycles. The average Bonchev–Trinajstić information content (AvgIpc) is 3.46. The maximum Gasteiger partial charge on any atom is 0.236 e. The van der Waals surface area contributed by atoms with E-state index in [0.29, 0.717) is 11.7 Å². The molecule has 32 heavy (non-hydrogen) atoms. The predicted molar refractivity (Wildman–Crippen MR) is 132 cm³/mol. The summed E-state index contributed by atoms with van der Waals surface area (Å²) in [4.78, 5) is 36.1. The number of aryl methyl sites for hydroxylation is 2. The molecule has 0 saturated heterocycles. The number of anilines is 1. The molecule has 0 radical (unpaired) electrons. The Morgan fingerprint density at radius 1 is 1.12 bits per heavy atom. The number of carbonyl (C=O) groups is 2. The van der Waals surface area contributed by atoms with Gasteiger partial charge in [-0.25, -0.2) is 9.97 Å². The van der Waals surface area contributed by atoms with Crippen LogP contribution in [-0.2, 0) is 22.7 Å². The second-order valence-corrected chi connectivity index (χ2v) is 10.4. The molecule has 0 aliphatic carbocycles. The van der Waals surface area contributed by atoms with Crippen LogP contribution in [0.2, 0.25) is 0 Å². The third-order valence-electron chi connectivity index (χ3n) is 4.72. The van der Waals surface area contributed by atoms with Crippen LogP contribution < -0.4 is 10.6 Å². The fourth-order valence-electron chi connectivity index (χ4n) is 3.24. The highest BCUT2D eigenvalue weighted by atomic mass is 32.2. The van der Waals surface area contributed by atoms with Crippen molar-refractivity contribution in [2.75, 3.05) is 11.1 Å². The first-order chi connectivity index (χ1) is 15.4. The van der Waals surface area contributed by atoms with Crippen molar-refractivity contribution < 1.29 is 9.59 Å². The number of hydrogen-bond donors (Lipinski definition) is 2. The van der Waals surface area contributed by atoms with Gasteiger partial charge in [-0.15, -0.1) is 22.7 Å². The lowest BCUT2D eigenvalue weighted by molar-refractivity contribution is -0.119. The van der Waals surface area contributed by atoms with E-state index in [-0.39, 0.29) is 17.6 Å². The second kappa shape index (κ2) is 9.85. The van der Waals surface area contributed by atoms with Gasteiger partial charge in [-0.2, -0.15) is 0 Å². The van der Waals surface area contributed by atoms with Crippen LogP contribution in [-0.4, -0.2) is 32.1 Å². The average molecular weight is 486 g/mol. The van der Waals surface area contributed by atoms with E-state index in [1.165, 1.54) is 30.0 Å². The smallest absolute Gasteiger partial charge is 0.236 e. The van der Waals surface area contributed by atoms with E-state index in [1.54, 1.807) is 11.3 Å². The van der Waals surface area contributed by atoms with Crippen LogP contribution in [0.5, 0.6) is 0 Å². The summed E-state index contributed by atoms with van der Waals surface area (Å²) in [6.45, 7) is 6.87. The van der Waals surface area contributed by atoms with E-state index >= 15 is 0 Å². The number of para-hydroxylation sites is 2. The molecule has 0 bridgehead atoms. The summed E-state index contributed by atoms with van der Waals surface area (Å²) in [5, 5.41) is 7.15. The molecule has 7 nitrogen and oxygen atoms in total. The number of thiophene rings is 1. The predicted octanol–water partition coefficient (Wildman–Crippen LogP) is 4.92. The first-order valence-corrected chi connectivity index (χ1v) is 12.7. The molecule has 2 N–H and O–H groups in total. The van der Waals surface area contributed by atoms with Crippen molar-refractivity contribution >= 4 is 62.4 Å². The van der Waals surface area contributed by atoms with Crippen LogP contribution in [0.1, 0.15) is 23.6 Å². The Labute approximate surface area is 198 Å². The Morgan fingerprint density at radius 3 is 2.72 bits per heavy atom. The van der Waals surface area contributed by atoms with Crippen LogP contribution in [0.3, 0.4) is 0 Å². The first-order valence-electron chi connectivity index (χ1n) is 10.1. The summed E-state index contributed by atoms with van der Waals surface area (Å²) >= 11 is 4.48. The van der Waals surface area contributed by atoms with Crippen molar-refractivity contribution in [2.45, 2.75) is 39.0 Å². The molecule has 3 heterocycles. The number of carbonyl (C=O) groups excluding carboxylic acids is 2. The Morgan fingerprint density at radius 2 is 1.94 bits per heavy atom. The molecule has 0 unspecified atom stereocenters. The highest BCUT2D eigenvalue weighted by Crippen LogP contribution is 2.35. The molecule has 0 aliphatic rings. The standard InChI is InChI=1S/C22H23N5O2S3/c1-4-27-17-8-6-5-7-16(17)24-22(27)30-12-19(29)25-21-26-20(13(2)31-21)18-10-9-15(32-18)11-23-14(3)28/h5-10H,4,11-12H2,1-3H3,(H,23,28)(H,25,26,29). The number of amides is 2. The molecule has 3 aromatic heterocycles. The molecule has 0 fully saturated rings. The summed E-state index contributed by atoms with van der Waals surface area (Å²) in [7, 11) is 0. The number of nitrogens with one attached hydrogen (secondary N) is 2. The fourth-order valence-corrected chi connectivity index (χ4v) is 6.03. The fraction of sp³-hybridized carbons (Fsp3) is 0.273. The van der Waals surface area contributed by atoms with Gasteiger partial charge in [0.1, 0.15) is 0 Å². The number of thiazole rings is 1. The number of rotatable bonds is 8. The zero-order valence-electron chi connectivity index (χ0n) is 18.0. The number of aromatic nitrogens is 3. The molecule has 4 aromatic rings. The summed E-state index contributed by atoms with van der Waals surface area (Å²) in [5.74, 6) is 0.0987. The van der Waals surface area contributed by atoms with E-state index in [1.807, 2.05) is 43.3 Å². The van der Waals surface area contributed by atoms with Crippen LogP contribution >= 0.6 is 34.4 Å². The molecule has 0 aliphatic heterocycles. The lowest BCUT2D eigenvalue weighted by atomic mass is 10.3. The van der Waals surface area contributed by atoms with Gasteiger partial charge in [0.2, 0.25) is 11.8 Å². The maximum absolute atomic E-state index is 12.6. The Hall–Kier alpha value is -2.69. The van der Waals surface area contributed by atoms with Gasteiger partial charge >= 0.3 is 0 Å². The van der Waals surface area contributed by atoms with Crippen molar-refractivity contribution in [3.8, 4) is 10.6 Å². The minimum Gasteiger partial charge on any atom is -0.351 e. The molecule has 10 heteroatoms. The highest BCUT2D eigenvalue weighted by Gasteiger charge is 2.16. The van der Waals surface area contributed by atoms with Crippen molar-refractivity contribution in [2.24, 2.45) is 0 Å². The molecule has 0 spiro atoms. The number of hydrogen-bond acceptors (Lipinski definition) is 7. The number of imidazole rings is 1. The summed E-state index contributed by atoms with van der Waals surface area (Å²) in [6.07, 6.45) is 0. The summed E-state index contributed by atoms with van der Waals surface area (Å²) < 4.78 is 2.12. The second-order valence-electron chi connectivity index (χ2n) is 7.06. The van der Waals surface area contributed by atoms with Crippen LogP contribution in [0.15, 0.2) is 41.6 Å². The third-order valence-corrected chi connectivity index (χ3v) is 7.67. The monoisotopic (exact) mass is 485 g/mol. The van der Waals surface area contributed by atoms with Crippen molar-refractivity contribution in [3.63, 3.8) is 0 Å². The molecule has 1 aromatic carbocycles. The largest absolute Gasteiger partial charge is 0.351 e. The molecular weight excluding hydrogens is 462 g/mol. The minimum absolute atomic E-state index is 0.0536. The van der Waals surface area contributed by atoms with Crippen LogP contribution in [0, 0.1) is 6.92 Å². The molecule has 2 amide bonds. The van der Waals surface area contributed by atoms with Gasteiger partial charge in [0.05, 0.1) is 33.9 Å². The van der Waals surface area contributed by atoms with Gasteiger partial charge in [-0.05, 0) is 38.1 Å². The number of benzene rings is 1. The van der Waals surface area contributed by atoms with E-state index in [4.69, 9.17) is 0 Å². The quantitative estimate of drug-likeness (QED) is 0.346. The van der Waals surface area contributed by atoms with Gasteiger partial charge in [-0.1, -0.05) is 23.9 Å². The van der Waals surface area contributed by atoms with Gasteiger partial charge in [0.15, 0.2) is 10.3 Å². The first kappa shape index (κ1) is 22.5. The van der Waals surface area contributed by atoms with E-state index in [2.05, 4.69) is 32.1 Å². The number of nitrogens with zero attached hydrogens (tertiary/aromatic N) is 3. The van der Waals surface area contributed by atoms with E-state index < -0.39 is 0 Å². The van der Waals surface area contributed by atoms with Gasteiger partial charge in [0.25, 0.3) is 0 Å². The lowest BCUT2D eigenvalue weighted by Crippen LogP contribution is -2.17. The Bertz CT molecular complexity index is 1270. The number of fused-ring (bicyclic) bond motifs is 1. The normalized spacial score (nSPS) is 11.1. The molecule has 0 atom stereocenters. The zero-order chi connectivity index (χ0) is 22.7. The number of thioether (sulfide) groups is 1. The lowest BCUT2D eigenvalue weighted by Gasteiger charge is -2.05. The molecule has 4 rings (SSSR count). The highest BCUT2D eigenvalue weighted by molar-refractivity contribution is 7.99. The minimum atomic E-state index is -0.109. The molecular formula is C22H23N5O2S3. The van der Waals surface area contributed by atoms with E-state index in [0.717, 1.165) is 43.1 Å². The SMILES string of the molecule is CCn1c(SCC(=O)Nc2nc(-c3ccc(CNC(C)=O)s3)c(C)s2)nc2ccccc21. The van der Waals surface area contributed by atoms with Crippen LogP contribution in [0.25, 0.3) is 21.6 Å². The van der Waals surface area contributed by atoms with Crippen molar-refractivity contribution in [3.05, 3.63) is 46.2 Å². The zero-order valence-corrected chi connectivity index (χ0v) is 20.4. The van der Waals surface area contributed by atoms with E-state index in [9.17, 15) is 9.59 Å².